The molecular weight excluding hydrogens is 344 g/mol. The van der Waals surface area contributed by atoms with Crippen molar-refractivity contribution in [2.45, 2.75) is 38.3 Å². The molecule has 0 aromatic heterocycles. The van der Waals surface area contributed by atoms with Gasteiger partial charge in [-0.15, -0.1) is 0 Å². The zero-order valence-electron chi connectivity index (χ0n) is 11.6. The highest BCUT2D eigenvalue weighted by atomic mass is 79.9. The fraction of sp³-hybridized carbons (Fsp3) is 0.533. The number of para-hydroxylation sites is 1. The molecule has 116 valence electrons. The molecule has 21 heavy (non-hydrogen) atoms. The molecule has 1 fully saturated rings. The van der Waals surface area contributed by atoms with Crippen molar-refractivity contribution >= 4 is 21.8 Å². The molecule has 1 aromatic carbocycles. The topological polar surface area (TPSA) is 29.5 Å². The minimum Gasteiger partial charge on any atom is -0.434 e. The van der Waals surface area contributed by atoms with Gasteiger partial charge in [-0.05, 0) is 37.8 Å². The molecule has 0 aliphatic carbocycles. The lowest BCUT2D eigenvalue weighted by molar-refractivity contribution is -0.0503. The van der Waals surface area contributed by atoms with Crippen LogP contribution in [-0.2, 0) is 0 Å². The molecular formula is C15H18BrF2NO2. The first-order valence-electron chi connectivity index (χ1n) is 7.04. The summed E-state index contributed by atoms with van der Waals surface area (Å²) in [6.07, 6.45) is 3.86. The van der Waals surface area contributed by atoms with Crippen molar-refractivity contribution in [2.24, 2.45) is 0 Å². The highest BCUT2D eigenvalue weighted by Gasteiger charge is 2.28. The first-order chi connectivity index (χ1) is 10.1. The molecule has 0 radical (unpaired) electrons. The molecule has 0 spiro atoms. The number of hydrogen-bond acceptors (Lipinski definition) is 2. The lowest BCUT2D eigenvalue weighted by Gasteiger charge is -2.36. The predicted molar refractivity (Wildman–Crippen MR) is 80.2 cm³/mol. The van der Waals surface area contributed by atoms with Gasteiger partial charge in [0.05, 0.1) is 5.56 Å². The van der Waals surface area contributed by atoms with Crippen LogP contribution in [-0.4, -0.2) is 35.3 Å². The first-order valence-corrected chi connectivity index (χ1v) is 8.16. The molecule has 6 heteroatoms. The van der Waals surface area contributed by atoms with E-state index < -0.39 is 6.61 Å². The second kappa shape index (κ2) is 7.73. The maximum atomic E-state index is 12.7. The quantitative estimate of drug-likeness (QED) is 0.739. The van der Waals surface area contributed by atoms with E-state index >= 15 is 0 Å². The molecule has 1 atom stereocenters. The van der Waals surface area contributed by atoms with Crippen LogP contribution in [0.15, 0.2) is 24.3 Å². The van der Waals surface area contributed by atoms with Gasteiger partial charge in [-0.1, -0.05) is 28.1 Å². The maximum absolute atomic E-state index is 12.7. The van der Waals surface area contributed by atoms with Gasteiger partial charge in [0, 0.05) is 17.9 Å². The van der Waals surface area contributed by atoms with Crippen LogP contribution in [0.25, 0.3) is 0 Å². The molecule has 1 saturated heterocycles. The summed E-state index contributed by atoms with van der Waals surface area (Å²) in [7, 11) is 0. The Hall–Kier alpha value is -1.17. The summed E-state index contributed by atoms with van der Waals surface area (Å²) >= 11 is 3.40. The van der Waals surface area contributed by atoms with E-state index in [0.29, 0.717) is 6.54 Å². The SMILES string of the molecule is O=C(c1ccccc1OC(F)F)N1CCCCC1CCBr. The number of rotatable bonds is 5. The molecule has 0 N–H and O–H groups in total. The first kappa shape index (κ1) is 16.2. The third-order valence-electron chi connectivity index (χ3n) is 3.66. The number of carbonyl (C=O) groups excluding carboxylic acids is 1. The van der Waals surface area contributed by atoms with E-state index in [1.54, 1.807) is 23.1 Å². The molecule has 1 heterocycles. The van der Waals surface area contributed by atoms with Crippen LogP contribution in [0, 0.1) is 0 Å². The molecule has 1 aliphatic heterocycles. The number of carbonyl (C=O) groups is 1. The standard InChI is InChI=1S/C15H18BrF2NO2/c16-9-8-11-5-3-4-10-19(11)14(20)12-6-1-2-7-13(12)21-15(17)18/h1-2,6-7,11,15H,3-5,8-10H2. The number of alkyl halides is 3. The van der Waals surface area contributed by atoms with Crippen LogP contribution in [0.4, 0.5) is 8.78 Å². The molecule has 3 nitrogen and oxygen atoms in total. The smallest absolute Gasteiger partial charge is 0.387 e. The number of nitrogens with zero attached hydrogens (tertiary/aromatic N) is 1. The third-order valence-corrected chi connectivity index (χ3v) is 4.12. The molecule has 0 saturated carbocycles. The van der Waals surface area contributed by atoms with Gasteiger partial charge in [0.1, 0.15) is 5.75 Å². The lowest BCUT2D eigenvalue weighted by Crippen LogP contribution is -2.44. The lowest BCUT2D eigenvalue weighted by atomic mass is 9.98. The average Bonchev–Trinajstić information content (AvgIpc) is 2.47. The van der Waals surface area contributed by atoms with Gasteiger partial charge in [0.15, 0.2) is 0 Å². The Balaban J connectivity index is 2.21. The largest absolute Gasteiger partial charge is 0.434 e. The number of halogens is 3. The zero-order chi connectivity index (χ0) is 15.2. The third kappa shape index (κ3) is 4.15. The molecule has 1 amide bonds. The van der Waals surface area contributed by atoms with E-state index in [1.165, 1.54) is 6.07 Å². The van der Waals surface area contributed by atoms with Crippen molar-refractivity contribution in [2.75, 3.05) is 11.9 Å². The van der Waals surface area contributed by atoms with E-state index in [-0.39, 0.29) is 23.3 Å². The maximum Gasteiger partial charge on any atom is 0.387 e. The zero-order valence-corrected chi connectivity index (χ0v) is 13.2. The van der Waals surface area contributed by atoms with Gasteiger partial charge >= 0.3 is 6.61 Å². The number of benzene rings is 1. The van der Waals surface area contributed by atoms with E-state index in [2.05, 4.69) is 20.7 Å². The van der Waals surface area contributed by atoms with Crippen LogP contribution in [0.5, 0.6) is 5.75 Å². The number of ether oxygens (including phenoxy) is 1. The normalized spacial score (nSPS) is 18.9. The fourth-order valence-electron chi connectivity index (χ4n) is 2.69. The van der Waals surface area contributed by atoms with Gasteiger partial charge in [0.25, 0.3) is 5.91 Å². The summed E-state index contributed by atoms with van der Waals surface area (Å²) < 4.78 is 29.4. The molecule has 1 unspecified atom stereocenters. The van der Waals surface area contributed by atoms with Crippen molar-refractivity contribution in [3.63, 3.8) is 0 Å². The highest BCUT2D eigenvalue weighted by molar-refractivity contribution is 9.09. The van der Waals surface area contributed by atoms with Crippen LogP contribution in [0.2, 0.25) is 0 Å². The summed E-state index contributed by atoms with van der Waals surface area (Å²) in [5, 5.41) is 0.816. The summed E-state index contributed by atoms with van der Waals surface area (Å²) in [5.41, 5.74) is 0.208. The second-order valence-corrected chi connectivity index (χ2v) is 5.79. The molecule has 1 aliphatic rings. The number of amides is 1. The second-order valence-electron chi connectivity index (χ2n) is 5.00. The molecule has 1 aromatic rings. The Bertz CT molecular complexity index is 482. The Morgan fingerprint density at radius 2 is 2.14 bits per heavy atom. The van der Waals surface area contributed by atoms with Crippen LogP contribution in [0.1, 0.15) is 36.0 Å². The summed E-state index contributed by atoms with van der Waals surface area (Å²) in [5.74, 6) is -0.280. The predicted octanol–water partition coefficient (Wildman–Crippen LogP) is 4.07. The van der Waals surface area contributed by atoms with Crippen LogP contribution >= 0.6 is 15.9 Å². The Labute approximate surface area is 131 Å². The van der Waals surface area contributed by atoms with Crippen molar-refractivity contribution in [3.8, 4) is 5.75 Å². The summed E-state index contributed by atoms with van der Waals surface area (Å²) in [6, 6.07) is 6.35. The Morgan fingerprint density at radius 1 is 1.38 bits per heavy atom. The van der Waals surface area contributed by atoms with E-state index in [4.69, 9.17) is 0 Å². The van der Waals surface area contributed by atoms with Crippen LogP contribution in [0.3, 0.4) is 0 Å². The monoisotopic (exact) mass is 361 g/mol. The molecule has 2 rings (SSSR count). The van der Waals surface area contributed by atoms with E-state index in [9.17, 15) is 13.6 Å². The van der Waals surface area contributed by atoms with Gasteiger partial charge in [-0.3, -0.25) is 4.79 Å². The Kier molecular flexibility index (Phi) is 5.96. The number of hydrogen-bond donors (Lipinski definition) is 0. The van der Waals surface area contributed by atoms with E-state index in [1.807, 2.05) is 0 Å². The Morgan fingerprint density at radius 3 is 2.86 bits per heavy atom. The highest BCUT2D eigenvalue weighted by Crippen LogP contribution is 2.27. The minimum atomic E-state index is -2.93. The van der Waals surface area contributed by atoms with Crippen molar-refractivity contribution in [3.05, 3.63) is 29.8 Å². The number of piperidine rings is 1. The van der Waals surface area contributed by atoms with E-state index in [0.717, 1.165) is 31.0 Å². The summed E-state index contributed by atoms with van der Waals surface area (Å²) in [6.45, 7) is -2.27. The van der Waals surface area contributed by atoms with Gasteiger partial charge in [0.2, 0.25) is 0 Å². The van der Waals surface area contributed by atoms with Crippen molar-refractivity contribution < 1.29 is 18.3 Å². The van der Waals surface area contributed by atoms with Gasteiger partial charge < -0.3 is 9.64 Å². The minimum absolute atomic E-state index is 0.0549. The molecule has 0 bridgehead atoms. The average molecular weight is 362 g/mol. The van der Waals surface area contributed by atoms with Crippen molar-refractivity contribution in [1.82, 2.24) is 4.90 Å². The van der Waals surface area contributed by atoms with Gasteiger partial charge in [-0.2, -0.15) is 8.78 Å². The summed E-state index contributed by atoms with van der Waals surface area (Å²) in [4.78, 5) is 14.5. The van der Waals surface area contributed by atoms with Crippen LogP contribution < -0.4 is 4.74 Å². The number of likely N-dealkylation sites (tertiary alicyclic amines) is 1. The fourth-order valence-corrected chi connectivity index (χ4v) is 3.22. The van der Waals surface area contributed by atoms with Crippen molar-refractivity contribution in [1.29, 1.82) is 0 Å². The van der Waals surface area contributed by atoms with Gasteiger partial charge in [-0.25, -0.2) is 0 Å².